The number of amides is 1. The summed E-state index contributed by atoms with van der Waals surface area (Å²) >= 11 is 3.01. The van der Waals surface area contributed by atoms with E-state index in [4.69, 9.17) is 0 Å². The minimum Gasteiger partial charge on any atom is -0.268 e. The molecule has 1 N–H and O–H groups in total. The molecular formula is C10H9BrFNO3S. The first-order chi connectivity index (χ1) is 7.90. The van der Waals surface area contributed by atoms with Crippen LogP contribution >= 0.6 is 15.9 Å². The van der Waals surface area contributed by atoms with Gasteiger partial charge in [0.15, 0.2) is 0 Å². The zero-order valence-electron chi connectivity index (χ0n) is 8.61. The Morgan fingerprint density at radius 3 is 2.59 bits per heavy atom. The van der Waals surface area contributed by atoms with Gasteiger partial charge in [-0.1, -0.05) is 0 Å². The fourth-order valence-corrected chi connectivity index (χ4v) is 3.14. The van der Waals surface area contributed by atoms with E-state index in [1.807, 2.05) is 4.72 Å². The molecule has 1 saturated carbocycles. The number of hydrogen-bond donors (Lipinski definition) is 1. The number of rotatable bonds is 3. The first-order valence-corrected chi connectivity index (χ1v) is 7.25. The largest absolute Gasteiger partial charge is 0.268 e. The predicted octanol–water partition coefficient (Wildman–Crippen LogP) is 1.81. The van der Waals surface area contributed by atoms with Crippen molar-refractivity contribution in [1.29, 1.82) is 0 Å². The summed E-state index contributed by atoms with van der Waals surface area (Å²) in [6.07, 6.45) is 1.15. The van der Waals surface area contributed by atoms with Gasteiger partial charge in [0.2, 0.25) is 10.0 Å². The van der Waals surface area contributed by atoms with E-state index < -0.39 is 27.0 Å². The van der Waals surface area contributed by atoms with Crippen molar-refractivity contribution in [3.63, 3.8) is 0 Å². The quantitative estimate of drug-likeness (QED) is 0.923. The Labute approximate surface area is 106 Å². The zero-order valence-corrected chi connectivity index (χ0v) is 11.0. The number of sulfonamides is 1. The average Bonchev–Trinajstić information content (AvgIpc) is 2.98. The average molecular weight is 322 g/mol. The lowest BCUT2D eigenvalue weighted by Crippen LogP contribution is -2.33. The predicted molar refractivity (Wildman–Crippen MR) is 63.5 cm³/mol. The van der Waals surface area contributed by atoms with Crippen molar-refractivity contribution in [2.45, 2.75) is 18.1 Å². The van der Waals surface area contributed by atoms with E-state index >= 15 is 0 Å². The van der Waals surface area contributed by atoms with Crippen molar-refractivity contribution >= 4 is 31.9 Å². The van der Waals surface area contributed by atoms with Crippen LogP contribution < -0.4 is 4.72 Å². The molecule has 1 aromatic carbocycles. The molecule has 92 valence electrons. The van der Waals surface area contributed by atoms with Gasteiger partial charge in [-0.25, -0.2) is 17.5 Å². The lowest BCUT2D eigenvalue weighted by atomic mass is 10.2. The second-order valence-electron chi connectivity index (χ2n) is 3.80. The molecule has 0 unspecified atom stereocenters. The molecule has 0 heterocycles. The van der Waals surface area contributed by atoms with E-state index in [1.165, 1.54) is 6.07 Å². The van der Waals surface area contributed by atoms with Gasteiger partial charge in [-0.15, -0.1) is 0 Å². The second kappa shape index (κ2) is 4.38. The van der Waals surface area contributed by atoms with Gasteiger partial charge in [0.1, 0.15) is 5.82 Å². The Morgan fingerprint density at radius 1 is 1.41 bits per heavy atom. The Kier molecular flexibility index (Phi) is 3.22. The fraction of sp³-hybridized carbons (Fsp3) is 0.300. The molecule has 0 atom stereocenters. The molecule has 1 aliphatic carbocycles. The molecule has 1 fully saturated rings. The highest BCUT2D eigenvalue weighted by molar-refractivity contribution is 9.10. The van der Waals surface area contributed by atoms with Crippen LogP contribution in [0.4, 0.5) is 4.39 Å². The molecule has 0 saturated heterocycles. The molecule has 0 spiro atoms. The van der Waals surface area contributed by atoms with Crippen molar-refractivity contribution in [1.82, 2.24) is 4.72 Å². The molecule has 2 rings (SSSR count). The molecule has 1 aliphatic rings. The maximum atomic E-state index is 12.8. The highest BCUT2D eigenvalue weighted by Gasteiger charge is 2.37. The third-order valence-electron chi connectivity index (χ3n) is 2.37. The smallest absolute Gasteiger partial charge is 0.265 e. The van der Waals surface area contributed by atoms with Gasteiger partial charge in [-0.2, -0.15) is 0 Å². The van der Waals surface area contributed by atoms with Crippen molar-refractivity contribution in [2.24, 2.45) is 0 Å². The van der Waals surface area contributed by atoms with Crippen LogP contribution in [0.1, 0.15) is 23.2 Å². The van der Waals surface area contributed by atoms with Gasteiger partial charge < -0.3 is 0 Å². The van der Waals surface area contributed by atoms with Gasteiger partial charge in [0, 0.05) is 4.47 Å². The lowest BCUT2D eigenvalue weighted by molar-refractivity contribution is 0.0980. The molecular weight excluding hydrogens is 313 g/mol. The van der Waals surface area contributed by atoms with Crippen molar-refractivity contribution < 1.29 is 17.6 Å². The molecule has 1 amide bonds. The van der Waals surface area contributed by atoms with Gasteiger partial charge >= 0.3 is 0 Å². The summed E-state index contributed by atoms with van der Waals surface area (Å²) in [5.41, 5.74) is 0.0932. The van der Waals surface area contributed by atoms with Crippen LogP contribution in [-0.4, -0.2) is 19.6 Å². The van der Waals surface area contributed by atoms with Crippen LogP contribution in [-0.2, 0) is 10.0 Å². The van der Waals surface area contributed by atoms with E-state index in [0.717, 1.165) is 12.1 Å². The number of hydrogen-bond acceptors (Lipinski definition) is 3. The highest BCUT2D eigenvalue weighted by atomic mass is 79.9. The summed E-state index contributed by atoms with van der Waals surface area (Å²) in [6, 6.07) is 3.44. The minimum atomic E-state index is -3.58. The fourth-order valence-electron chi connectivity index (χ4n) is 1.32. The van der Waals surface area contributed by atoms with Crippen LogP contribution in [0.3, 0.4) is 0 Å². The molecule has 4 nitrogen and oxygen atoms in total. The van der Waals surface area contributed by atoms with Crippen molar-refractivity contribution in [3.05, 3.63) is 34.1 Å². The van der Waals surface area contributed by atoms with E-state index in [-0.39, 0.29) is 10.0 Å². The van der Waals surface area contributed by atoms with Crippen molar-refractivity contribution in [2.75, 3.05) is 0 Å². The van der Waals surface area contributed by atoms with Crippen molar-refractivity contribution in [3.8, 4) is 0 Å². The third-order valence-corrected chi connectivity index (χ3v) is 4.85. The first-order valence-electron chi connectivity index (χ1n) is 4.91. The number of benzene rings is 1. The summed E-state index contributed by atoms with van der Waals surface area (Å²) in [5.74, 6) is -1.25. The minimum absolute atomic E-state index is 0.0932. The Balaban J connectivity index is 2.20. The standard InChI is InChI=1S/C10H9BrFNO3S/c11-9-5-6(12)1-4-8(9)10(14)13-17(15,16)7-2-3-7/h1,4-5,7H,2-3H2,(H,13,14). The molecule has 17 heavy (non-hydrogen) atoms. The van der Waals surface area contributed by atoms with E-state index in [2.05, 4.69) is 15.9 Å². The molecule has 7 heteroatoms. The van der Waals surface area contributed by atoms with Crippen LogP contribution in [0, 0.1) is 5.82 Å². The summed E-state index contributed by atoms with van der Waals surface area (Å²) in [6.45, 7) is 0. The zero-order chi connectivity index (χ0) is 12.6. The number of carbonyl (C=O) groups excluding carboxylic acids is 1. The maximum Gasteiger partial charge on any atom is 0.265 e. The van der Waals surface area contributed by atoms with E-state index in [9.17, 15) is 17.6 Å². The maximum absolute atomic E-state index is 12.8. The molecule has 0 aliphatic heterocycles. The highest BCUT2D eigenvalue weighted by Crippen LogP contribution is 2.28. The topological polar surface area (TPSA) is 63.2 Å². The molecule has 0 aromatic heterocycles. The van der Waals surface area contributed by atoms with Gasteiger partial charge in [-0.3, -0.25) is 4.79 Å². The Morgan fingerprint density at radius 2 is 2.06 bits per heavy atom. The van der Waals surface area contributed by atoms with Crippen LogP contribution in [0.2, 0.25) is 0 Å². The van der Waals surface area contributed by atoms with Crippen LogP contribution in [0.25, 0.3) is 0 Å². The van der Waals surface area contributed by atoms with Crippen LogP contribution in [0.5, 0.6) is 0 Å². The van der Waals surface area contributed by atoms with Gasteiger partial charge in [0.05, 0.1) is 10.8 Å². The molecule has 1 aromatic rings. The summed E-state index contributed by atoms with van der Waals surface area (Å²) in [5, 5.41) is -0.467. The Bertz CT molecular complexity index is 569. The van der Waals surface area contributed by atoms with Gasteiger partial charge in [-0.05, 0) is 47.0 Å². The first kappa shape index (κ1) is 12.5. The van der Waals surface area contributed by atoms with E-state index in [0.29, 0.717) is 12.8 Å². The third kappa shape index (κ3) is 2.84. The van der Waals surface area contributed by atoms with Gasteiger partial charge in [0.25, 0.3) is 5.91 Å². The normalized spacial score (nSPS) is 15.6. The van der Waals surface area contributed by atoms with Crippen LogP contribution in [0.15, 0.2) is 22.7 Å². The summed E-state index contributed by atoms with van der Waals surface area (Å²) in [7, 11) is -3.58. The second-order valence-corrected chi connectivity index (χ2v) is 6.61. The number of carbonyl (C=O) groups is 1. The SMILES string of the molecule is O=C(NS(=O)(=O)C1CC1)c1ccc(F)cc1Br. The monoisotopic (exact) mass is 321 g/mol. The Hall–Kier alpha value is -0.950. The molecule has 0 bridgehead atoms. The van der Waals surface area contributed by atoms with E-state index in [1.54, 1.807) is 0 Å². The molecule has 0 radical (unpaired) electrons. The lowest BCUT2D eigenvalue weighted by Gasteiger charge is -2.07. The number of halogens is 2. The summed E-state index contributed by atoms with van der Waals surface area (Å²) < 4.78 is 38.1. The number of nitrogens with one attached hydrogen (secondary N) is 1. The summed E-state index contributed by atoms with van der Waals surface area (Å²) in [4.78, 5) is 11.7.